The molecule has 8 nitrogen and oxygen atoms in total. The maximum Gasteiger partial charge on any atom is 0.250 e. The van der Waals surface area contributed by atoms with Crippen molar-refractivity contribution in [2.45, 2.75) is 70.1 Å². The van der Waals surface area contributed by atoms with Gasteiger partial charge in [-0.05, 0) is 62.8 Å². The molecule has 1 spiro atoms. The summed E-state index contributed by atoms with van der Waals surface area (Å²) in [5.41, 5.74) is 2.29. The van der Waals surface area contributed by atoms with Gasteiger partial charge in [0, 0.05) is 24.5 Å². The van der Waals surface area contributed by atoms with Crippen molar-refractivity contribution >= 4 is 29.1 Å². The van der Waals surface area contributed by atoms with Crippen LogP contribution in [0.15, 0.2) is 48.5 Å². The number of unbranched alkanes of at least 4 members (excludes halogenated alkanes) is 3. The third-order valence-corrected chi connectivity index (χ3v) is 8.43. The molecular weight excluding hydrogens is 482 g/mol. The van der Waals surface area contributed by atoms with E-state index in [1.807, 2.05) is 62.4 Å². The molecule has 2 unspecified atom stereocenters. The first-order chi connectivity index (χ1) is 18.4. The topological polar surface area (TPSA) is 108 Å². The van der Waals surface area contributed by atoms with E-state index < -0.39 is 29.6 Å². The number of aliphatic hydroxyl groups excluding tert-OH is 1. The zero-order valence-electron chi connectivity index (χ0n) is 22.1. The lowest BCUT2D eigenvalue weighted by molar-refractivity contribution is -0.139. The van der Waals surface area contributed by atoms with Crippen LogP contribution in [0.5, 0.6) is 0 Å². The number of ether oxygens (including phenoxy) is 1. The van der Waals surface area contributed by atoms with Crippen molar-refractivity contribution in [1.82, 2.24) is 4.90 Å². The van der Waals surface area contributed by atoms with Gasteiger partial charge in [0.15, 0.2) is 0 Å². The standard InChI is InChI=1S/C30H37N3O5/c1-19-11-10-12-20(2)25(19)32-28(36)26-30-16-15-22(38-30)23(27(35)31-21-13-6-5-7-14-21)24(30)29(37)33(26)17-8-3-4-9-18-34/h5-7,10-14,22-24,26,34H,3-4,8-9,15-18H2,1-2H3,(H,31,35)(H,32,36)/t22-,23+,24+,26?,30?/m1/s1. The van der Waals surface area contributed by atoms with Crippen LogP contribution in [-0.4, -0.2) is 58.6 Å². The number of nitrogens with one attached hydrogen (secondary N) is 2. The Morgan fingerprint density at radius 3 is 2.39 bits per heavy atom. The monoisotopic (exact) mass is 519 g/mol. The predicted molar refractivity (Wildman–Crippen MR) is 144 cm³/mol. The van der Waals surface area contributed by atoms with Crippen molar-refractivity contribution < 1.29 is 24.2 Å². The smallest absolute Gasteiger partial charge is 0.250 e. The molecule has 202 valence electrons. The molecule has 2 aromatic carbocycles. The second kappa shape index (κ2) is 10.9. The first kappa shape index (κ1) is 26.4. The van der Waals surface area contributed by atoms with Crippen LogP contribution in [0.2, 0.25) is 0 Å². The van der Waals surface area contributed by atoms with E-state index in [9.17, 15) is 14.4 Å². The van der Waals surface area contributed by atoms with Crippen molar-refractivity contribution in [2.24, 2.45) is 11.8 Å². The van der Waals surface area contributed by atoms with Crippen molar-refractivity contribution in [3.05, 3.63) is 59.7 Å². The van der Waals surface area contributed by atoms with Gasteiger partial charge in [-0.1, -0.05) is 49.2 Å². The molecule has 2 aromatic rings. The molecule has 0 saturated carbocycles. The first-order valence-electron chi connectivity index (χ1n) is 13.7. The minimum Gasteiger partial charge on any atom is -0.396 e. The Morgan fingerprint density at radius 1 is 0.974 bits per heavy atom. The van der Waals surface area contributed by atoms with Gasteiger partial charge in [-0.2, -0.15) is 0 Å². The van der Waals surface area contributed by atoms with Gasteiger partial charge in [-0.3, -0.25) is 14.4 Å². The Bertz CT molecular complexity index is 1180. The lowest BCUT2D eigenvalue weighted by Crippen LogP contribution is -2.53. The zero-order valence-corrected chi connectivity index (χ0v) is 22.1. The number of hydrogen-bond acceptors (Lipinski definition) is 5. The summed E-state index contributed by atoms with van der Waals surface area (Å²) in [6.45, 7) is 4.45. The molecule has 3 heterocycles. The molecule has 3 aliphatic heterocycles. The third-order valence-electron chi connectivity index (χ3n) is 8.43. The van der Waals surface area contributed by atoms with E-state index in [2.05, 4.69) is 10.6 Å². The molecule has 0 aromatic heterocycles. The second-order valence-corrected chi connectivity index (χ2v) is 10.8. The fourth-order valence-electron chi connectivity index (χ4n) is 6.69. The largest absolute Gasteiger partial charge is 0.396 e. The number of carbonyl (C=O) groups excluding carboxylic acids is 3. The SMILES string of the molecule is Cc1cccc(C)c1NC(=O)C1N(CCCCCCO)C(=O)[C@@H]2[C@@H](C(=O)Nc3ccccc3)[C@H]3CCC12O3. The summed E-state index contributed by atoms with van der Waals surface area (Å²) >= 11 is 0. The first-order valence-corrected chi connectivity index (χ1v) is 13.7. The summed E-state index contributed by atoms with van der Waals surface area (Å²) in [4.78, 5) is 43.2. The number of carbonyl (C=O) groups is 3. The van der Waals surface area contributed by atoms with Crippen LogP contribution in [0.1, 0.15) is 49.7 Å². The van der Waals surface area contributed by atoms with Gasteiger partial charge in [0.25, 0.3) is 0 Å². The van der Waals surface area contributed by atoms with E-state index in [1.165, 1.54) is 0 Å². The summed E-state index contributed by atoms with van der Waals surface area (Å²) < 4.78 is 6.52. The summed E-state index contributed by atoms with van der Waals surface area (Å²) in [6, 6.07) is 14.2. The summed E-state index contributed by atoms with van der Waals surface area (Å²) in [5, 5.41) is 15.2. The van der Waals surface area contributed by atoms with Gasteiger partial charge in [-0.25, -0.2) is 0 Å². The lowest BCUT2D eigenvalue weighted by atomic mass is 9.70. The number of aliphatic hydroxyl groups is 1. The molecule has 2 bridgehead atoms. The lowest BCUT2D eigenvalue weighted by Gasteiger charge is -2.33. The maximum atomic E-state index is 14.0. The van der Waals surface area contributed by atoms with Gasteiger partial charge in [0.2, 0.25) is 17.7 Å². The molecule has 5 atom stereocenters. The van der Waals surface area contributed by atoms with Gasteiger partial charge < -0.3 is 25.4 Å². The predicted octanol–water partition coefficient (Wildman–Crippen LogP) is 3.81. The number of amides is 3. The number of benzene rings is 2. The average Bonchev–Trinajstić information content (AvgIpc) is 3.54. The van der Waals surface area contributed by atoms with Crippen LogP contribution in [0, 0.1) is 25.7 Å². The highest BCUT2D eigenvalue weighted by molar-refractivity contribution is 6.05. The maximum absolute atomic E-state index is 14.0. The average molecular weight is 520 g/mol. The summed E-state index contributed by atoms with van der Waals surface area (Å²) in [6.07, 6.45) is 3.93. The third kappa shape index (κ3) is 4.60. The molecule has 3 aliphatic rings. The van der Waals surface area contributed by atoms with E-state index in [-0.39, 0.29) is 24.3 Å². The molecule has 3 N–H and O–H groups in total. The number of likely N-dealkylation sites (tertiary alicyclic amines) is 1. The van der Waals surface area contributed by atoms with E-state index in [0.29, 0.717) is 37.9 Å². The molecule has 5 rings (SSSR count). The number of rotatable bonds is 10. The molecule has 0 radical (unpaired) electrons. The number of para-hydroxylation sites is 2. The number of anilines is 2. The van der Waals surface area contributed by atoms with Crippen LogP contribution in [-0.2, 0) is 19.1 Å². The molecule has 8 heteroatoms. The molecule has 0 aliphatic carbocycles. The Labute approximate surface area is 223 Å². The Morgan fingerprint density at radius 2 is 1.68 bits per heavy atom. The van der Waals surface area contributed by atoms with E-state index in [4.69, 9.17) is 9.84 Å². The number of nitrogens with zero attached hydrogens (tertiary/aromatic N) is 1. The molecule has 3 saturated heterocycles. The van der Waals surface area contributed by atoms with Crippen molar-refractivity contribution in [1.29, 1.82) is 0 Å². The van der Waals surface area contributed by atoms with Gasteiger partial charge in [0.1, 0.15) is 11.6 Å². The molecule has 3 fully saturated rings. The van der Waals surface area contributed by atoms with Gasteiger partial charge in [0.05, 0.1) is 17.9 Å². The number of fused-ring (bicyclic) bond motifs is 1. The summed E-state index contributed by atoms with van der Waals surface area (Å²) in [7, 11) is 0. The van der Waals surface area contributed by atoms with Crippen LogP contribution >= 0.6 is 0 Å². The van der Waals surface area contributed by atoms with Crippen LogP contribution in [0.4, 0.5) is 11.4 Å². The fraction of sp³-hybridized carbons (Fsp3) is 0.500. The zero-order chi connectivity index (χ0) is 26.9. The molecular formula is C30H37N3O5. The normalized spacial score (nSPS) is 27.4. The van der Waals surface area contributed by atoms with Crippen molar-refractivity contribution in [3.8, 4) is 0 Å². The Kier molecular flexibility index (Phi) is 7.54. The fourth-order valence-corrected chi connectivity index (χ4v) is 6.69. The highest BCUT2D eigenvalue weighted by atomic mass is 16.5. The Balaban J connectivity index is 1.44. The molecule has 38 heavy (non-hydrogen) atoms. The van der Waals surface area contributed by atoms with Crippen molar-refractivity contribution in [2.75, 3.05) is 23.8 Å². The van der Waals surface area contributed by atoms with E-state index in [0.717, 1.165) is 29.7 Å². The number of aryl methyl sites for hydroxylation is 2. The van der Waals surface area contributed by atoms with Gasteiger partial charge in [-0.15, -0.1) is 0 Å². The second-order valence-electron chi connectivity index (χ2n) is 10.8. The van der Waals surface area contributed by atoms with Gasteiger partial charge >= 0.3 is 0 Å². The van der Waals surface area contributed by atoms with E-state index in [1.54, 1.807) is 4.90 Å². The minimum absolute atomic E-state index is 0.141. The Hall–Kier alpha value is -3.23. The van der Waals surface area contributed by atoms with Crippen LogP contribution < -0.4 is 10.6 Å². The van der Waals surface area contributed by atoms with Crippen molar-refractivity contribution in [3.63, 3.8) is 0 Å². The number of hydrogen-bond donors (Lipinski definition) is 3. The highest BCUT2D eigenvalue weighted by Crippen LogP contribution is 2.58. The van der Waals surface area contributed by atoms with E-state index >= 15 is 0 Å². The molecule has 3 amide bonds. The minimum atomic E-state index is -1.02. The highest BCUT2D eigenvalue weighted by Gasteiger charge is 2.74. The summed E-state index contributed by atoms with van der Waals surface area (Å²) in [5.74, 6) is -2.02. The van der Waals surface area contributed by atoms with Crippen LogP contribution in [0.25, 0.3) is 0 Å². The quantitative estimate of drug-likeness (QED) is 0.414. The van der Waals surface area contributed by atoms with Crippen LogP contribution in [0.3, 0.4) is 0 Å².